The van der Waals surface area contributed by atoms with Crippen molar-refractivity contribution >= 4 is 11.6 Å². The minimum Gasteiger partial charge on any atom is -0.493 e. The molecule has 2 aromatic rings. The number of amides is 1. The van der Waals surface area contributed by atoms with Gasteiger partial charge in [0.2, 0.25) is 11.8 Å². The van der Waals surface area contributed by atoms with Crippen molar-refractivity contribution in [3.05, 3.63) is 42.6 Å². The van der Waals surface area contributed by atoms with Crippen molar-refractivity contribution in [2.45, 2.75) is 38.5 Å². The van der Waals surface area contributed by atoms with Crippen molar-refractivity contribution in [3.63, 3.8) is 0 Å². The second kappa shape index (κ2) is 6.80. The van der Waals surface area contributed by atoms with Gasteiger partial charge in [0.15, 0.2) is 11.5 Å². The largest absolute Gasteiger partial charge is 0.493 e. The molecule has 0 aliphatic heterocycles. The maximum absolute atomic E-state index is 13.1. The molecule has 0 atom stereocenters. The number of para-hydroxylation sites is 2. The molecule has 1 aromatic carbocycles. The molecule has 4 aliphatic rings. The van der Waals surface area contributed by atoms with Gasteiger partial charge >= 0.3 is 0 Å². The highest BCUT2D eigenvalue weighted by Gasteiger charge is 2.54. The Morgan fingerprint density at radius 1 is 1.00 bits per heavy atom. The fraction of sp³-hybridized carbons (Fsp3) is 0.478. The van der Waals surface area contributed by atoms with E-state index in [2.05, 4.69) is 10.3 Å². The van der Waals surface area contributed by atoms with Gasteiger partial charge in [-0.3, -0.25) is 4.79 Å². The summed E-state index contributed by atoms with van der Waals surface area (Å²) in [5.41, 5.74) is 0.578. The van der Waals surface area contributed by atoms with Gasteiger partial charge in [-0.1, -0.05) is 12.1 Å². The third-order valence-electron chi connectivity index (χ3n) is 6.80. The zero-order chi connectivity index (χ0) is 19.1. The Hall–Kier alpha value is -2.56. The topological polar surface area (TPSA) is 60.5 Å². The summed E-state index contributed by atoms with van der Waals surface area (Å²) < 4.78 is 11.1. The molecule has 0 saturated heterocycles. The quantitative estimate of drug-likeness (QED) is 0.792. The lowest BCUT2D eigenvalue weighted by Crippen LogP contribution is -2.51. The van der Waals surface area contributed by atoms with Crippen LogP contribution in [0.3, 0.4) is 0 Å². The summed E-state index contributed by atoms with van der Waals surface area (Å²) >= 11 is 0. The van der Waals surface area contributed by atoms with Gasteiger partial charge in [0.1, 0.15) is 0 Å². The predicted octanol–water partition coefficient (Wildman–Crippen LogP) is 5.04. The van der Waals surface area contributed by atoms with E-state index >= 15 is 0 Å². The SMILES string of the molecule is COc1ccccc1Oc1ccc(NC(=O)C23CC4CC(CC(C4)C2)C3)cn1. The Bertz CT molecular complexity index is 842. The summed E-state index contributed by atoms with van der Waals surface area (Å²) in [5.74, 6) is 4.20. The maximum atomic E-state index is 13.1. The van der Waals surface area contributed by atoms with Crippen molar-refractivity contribution in [1.82, 2.24) is 4.98 Å². The van der Waals surface area contributed by atoms with Crippen LogP contribution in [0.4, 0.5) is 5.69 Å². The van der Waals surface area contributed by atoms with Crippen LogP contribution >= 0.6 is 0 Å². The number of carbonyl (C=O) groups excluding carboxylic acids is 1. The van der Waals surface area contributed by atoms with Crippen LogP contribution in [0.1, 0.15) is 38.5 Å². The third kappa shape index (κ3) is 3.13. The van der Waals surface area contributed by atoms with E-state index in [0.717, 1.165) is 42.7 Å². The van der Waals surface area contributed by atoms with E-state index in [-0.39, 0.29) is 11.3 Å². The molecule has 28 heavy (non-hydrogen) atoms. The lowest BCUT2D eigenvalue weighted by Gasteiger charge is -2.55. The van der Waals surface area contributed by atoms with Crippen LogP contribution in [0.5, 0.6) is 17.4 Å². The second-order valence-corrected chi connectivity index (χ2v) is 8.79. The monoisotopic (exact) mass is 378 g/mol. The molecule has 0 spiro atoms. The average Bonchev–Trinajstić information content (AvgIpc) is 2.69. The third-order valence-corrected chi connectivity index (χ3v) is 6.80. The van der Waals surface area contributed by atoms with Crippen molar-refractivity contribution < 1.29 is 14.3 Å². The number of anilines is 1. The number of ether oxygens (including phenoxy) is 2. The highest BCUT2D eigenvalue weighted by atomic mass is 16.5. The summed E-state index contributed by atoms with van der Waals surface area (Å²) in [7, 11) is 1.61. The van der Waals surface area contributed by atoms with Gasteiger partial charge in [-0.25, -0.2) is 4.98 Å². The smallest absolute Gasteiger partial charge is 0.230 e. The fourth-order valence-corrected chi connectivity index (χ4v) is 5.98. The molecule has 4 bridgehead atoms. The molecule has 5 nitrogen and oxygen atoms in total. The first-order chi connectivity index (χ1) is 13.6. The molecular formula is C23H26N2O3. The molecule has 4 saturated carbocycles. The van der Waals surface area contributed by atoms with E-state index in [1.54, 1.807) is 19.4 Å². The predicted molar refractivity (Wildman–Crippen MR) is 107 cm³/mol. The van der Waals surface area contributed by atoms with Gasteiger partial charge < -0.3 is 14.8 Å². The number of nitrogens with zero attached hydrogens (tertiary/aromatic N) is 1. The zero-order valence-electron chi connectivity index (χ0n) is 16.2. The minimum atomic E-state index is -0.151. The lowest BCUT2D eigenvalue weighted by atomic mass is 9.49. The van der Waals surface area contributed by atoms with Gasteiger partial charge in [-0.15, -0.1) is 0 Å². The number of nitrogens with one attached hydrogen (secondary N) is 1. The van der Waals surface area contributed by atoms with Gasteiger partial charge in [0, 0.05) is 6.07 Å². The summed E-state index contributed by atoms with van der Waals surface area (Å²) in [6.45, 7) is 0. The number of carbonyl (C=O) groups is 1. The average molecular weight is 378 g/mol. The normalized spacial score (nSPS) is 30.1. The van der Waals surface area contributed by atoms with Gasteiger partial charge in [0.25, 0.3) is 0 Å². The zero-order valence-corrected chi connectivity index (χ0v) is 16.2. The number of benzene rings is 1. The van der Waals surface area contributed by atoms with Crippen LogP contribution in [0, 0.1) is 23.2 Å². The van der Waals surface area contributed by atoms with Crippen LogP contribution in [0.2, 0.25) is 0 Å². The highest BCUT2D eigenvalue weighted by Crippen LogP contribution is 2.60. The van der Waals surface area contributed by atoms with Crippen molar-refractivity contribution in [2.75, 3.05) is 12.4 Å². The Balaban J connectivity index is 1.27. The van der Waals surface area contributed by atoms with Crippen LogP contribution in [-0.2, 0) is 4.79 Å². The van der Waals surface area contributed by atoms with Crippen LogP contribution in [-0.4, -0.2) is 18.0 Å². The molecule has 4 fully saturated rings. The van der Waals surface area contributed by atoms with Gasteiger partial charge in [-0.2, -0.15) is 0 Å². The molecule has 1 amide bonds. The maximum Gasteiger partial charge on any atom is 0.230 e. The Kier molecular flexibility index (Phi) is 4.26. The van der Waals surface area contributed by atoms with E-state index < -0.39 is 0 Å². The van der Waals surface area contributed by atoms with E-state index in [1.165, 1.54) is 19.3 Å². The van der Waals surface area contributed by atoms with Gasteiger partial charge in [-0.05, 0) is 74.5 Å². The molecule has 5 heteroatoms. The number of hydrogen-bond acceptors (Lipinski definition) is 4. The fourth-order valence-electron chi connectivity index (χ4n) is 5.98. The summed E-state index contributed by atoms with van der Waals surface area (Å²) in [6.07, 6.45) is 8.87. The van der Waals surface area contributed by atoms with Gasteiger partial charge in [0.05, 0.1) is 24.4 Å². The minimum absolute atomic E-state index is 0.151. The van der Waals surface area contributed by atoms with E-state index in [9.17, 15) is 4.79 Å². The van der Waals surface area contributed by atoms with Crippen molar-refractivity contribution in [1.29, 1.82) is 0 Å². The summed E-state index contributed by atoms with van der Waals surface area (Å²) in [6, 6.07) is 11.1. The molecule has 1 aromatic heterocycles. The molecule has 1 N–H and O–H groups in total. The molecular weight excluding hydrogens is 352 g/mol. The molecule has 0 radical (unpaired) electrons. The van der Waals surface area contributed by atoms with E-state index in [4.69, 9.17) is 9.47 Å². The van der Waals surface area contributed by atoms with Crippen LogP contribution in [0.15, 0.2) is 42.6 Å². The first-order valence-corrected chi connectivity index (χ1v) is 10.2. The summed E-state index contributed by atoms with van der Waals surface area (Å²) in [5, 5.41) is 3.13. The standard InChI is InChI=1S/C23H26N2O3/c1-27-19-4-2-3-5-20(19)28-21-7-6-18(14-24-21)25-22(26)23-11-15-8-16(12-23)10-17(9-15)13-23/h2-7,14-17H,8-13H2,1H3,(H,25,26). The molecule has 4 aliphatic carbocycles. The number of pyridine rings is 1. The summed E-state index contributed by atoms with van der Waals surface area (Å²) in [4.78, 5) is 17.5. The van der Waals surface area contributed by atoms with Crippen LogP contribution in [0.25, 0.3) is 0 Å². The molecule has 6 rings (SSSR count). The number of hydrogen-bond donors (Lipinski definition) is 1. The van der Waals surface area contributed by atoms with Crippen LogP contribution < -0.4 is 14.8 Å². The Morgan fingerprint density at radius 2 is 1.64 bits per heavy atom. The Morgan fingerprint density at radius 3 is 2.21 bits per heavy atom. The first kappa shape index (κ1) is 17.5. The molecule has 146 valence electrons. The highest BCUT2D eigenvalue weighted by molar-refractivity contribution is 5.95. The lowest BCUT2D eigenvalue weighted by molar-refractivity contribution is -0.140. The molecule has 1 heterocycles. The molecule has 0 unspecified atom stereocenters. The Labute approximate surface area is 165 Å². The number of methoxy groups -OCH3 is 1. The second-order valence-electron chi connectivity index (χ2n) is 8.79. The van der Waals surface area contributed by atoms with Crippen molar-refractivity contribution in [3.8, 4) is 17.4 Å². The van der Waals surface area contributed by atoms with E-state index in [0.29, 0.717) is 17.4 Å². The number of aromatic nitrogens is 1. The van der Waals surface area contributed by atoms with Crippen molar-refractivity contribution in [2.24, 2.45) is 23.2 Å². The van der Waals surface area contributed by atoms with E-state index in [1.807, 2.05) is 30.3 Å². The first-order valence-electron chi connectivity index (χ1n) is 10.2. The number of rotatable bonds is 5.